The summed E-state index contributed by atoms with van der Waals surface area (Å²) < 4.78 is 13.6. The van der Waals surface area contributed by atoms with Crippen LogP contribution in [0.4, 0.5) is 4.39 Å². The molecule has 22 heavy (non-hydrogen) atoms. The lowest BCUT2D eigenvalue weighted by Crippen LogP contribution is -2.42. The highest BCUT2D eigenvalue weighted by Crippen LogP contribution is 2.28. The van der Waals surface area contributed by atoms with Crippen LogP contribution in [0.2, 0.25) is 0 Å². The zero-order valence-electron chi connectivity index (χ0n) is 13.1. The maximum Gasteiger partial charge on any atom is 0.191 e. The largest absolute Gasteiger partial charge is 0.357 e. The molecule has 1 aromatic carbocycles. The number of thioether (sulfide) groups is 1. The average Bonchev–Trinajstić information content (AvgIpc) is 2.94. The number of hydrogen-bond donors (Lipinski definition) is 2. The summed E-state index contributed by atoms with van der Waals surface area (Å²) in [5.74, 6) is 0.591. The van der Waals surface area contributed by atoms with Gasteiger partial charge in [0.25, 0.3) is 0 Å². The lowest BCUT2D eigenvalue weighted by atomic mass is 10.2. The van der Waals surface area contributed by atoms with Crippen LogP contribution in [-0.4, -0.2) is 30.1 Å². The van der Waals surface area contributed by atoms with E-state index in [1.165, 1.54) is 25.3 Å². The zero-order chi connectivity index (χ0) is 15.1. The van der Waals surface area contributed by atoms with Crippen molar-refractivity contribution in [1.82, 2.24) is 10.6 Å². The van der Waals surface area contributed by atoms with Gasteiger partial charge in [-0.2, -0.15) is 11.8 Å². The van der Waals surface area contributed by atoms with Crippen molar-refractivity contribution in [1.29, 1.82) is 0 Å². The second-order valence-electron chi connectivity index (χ2n) is 5.30. The van der Waals surface area contributed by atoms with Crippen LogP contribution >= 0.6 is 35.7 Å². The van der Waals surface area contributed by atoms with Gasteiger partial charge in [-0.05, 0) is 38.5 Å². The molecule has 0 heterocycles. The van der Waals surface area contributed by atoms with E-state index < -0.39 is 0 Å². The van der Waals surface area contributed by atoms with Gasteiger partial charge >= 0.3 is 0 Å². The quantitative estimate of drug-likeness (QED) is 0.418. The number of rotatable bonds is 5. The van der Waals surface area contributed by atoms with Crippen molar-refractivity contribution in [3.05, 3.63) is 35.6 Å². The van der Waals surface area contributed by atoms with Gasteiger partial charge in [0.2, 0.25) is 0 Å². The van der Waals surface area contributed by atoms with Crippen molar-refractivity contribution in [2.75, 3.05) is 12.8 Å². The summed E-state index contributed by atoms with van der Waals surface area (Å²) in [4.78, 5) is 4.51. The molecule has 0 aliphatic heterocycles. The highest BCUT2D eigenvalue weighted by molar-refractivity contribution is 14.0. The first-order valence-corrected chi connectivity index (χ1v) is 8.82. The van der Waals surface area contributed by atoms with Crippen molar-refractivity contribution < 1.29 is 4.39 Å². The molecule has 3 nitrogen and oxygen atoms in total. The van der Waals surface area contributed by atoms with Crippen molar-refractivity contribution in [2.45, 2.75) is 44.0 Å². The van der Waals surface area contributed by atoms with E-state index in [-0.39, 0.29) is 29.8 Å². The fraction of sp³-hybridized carbons (Fsp3) is 0.562. The molecule has 1 saturated carbocycles. The fourth-order valence-corrected chi connectivity index (χ4v) is 3.39. The lowest BCUT2D eigenvalue weighted by Gasteiger charge is -2.17. The predicted octanol–water partition coefficient (Wildman–Crippen LogP) is 3.78. The van der Waals surface area contributed by atoms with Gasteiger partial charge in [-0.25, -0.2) is 9.38 Å². The summed E-state index contributed by atoms with van der Waals surface area (Å²) in [5, 5.41) is 7.46. The first-order valence-electron chi connectivity index (χ1n) is 7.54. The monoisotopic (exact) mass is 437 g/mol. The lowest BCUT2D eigenvalue weighted by molar-refractivity contribution is 0.604. The Bertz CT molecular complexity index is 484. The topological polar surface area (TPSA) is 36.4 Å². The van der Waals surface area contributed by atoms with Crippen LogP contribution < -0.4 is 10.6 Å². The van der Waals surface area contributed by atoms with Crippen LogP contribution in [0.1, 0.15) is 31.7 Å². The Hall–Kier alpha value is -0.500. The summed E-state index contributed by atoms with van der Waals surface area (Å²) in [7, 11) is 0. The Morgan fingerprint density at radius 2 is 2.14 bits per heavy atom. The van der Waals surface area contributed by atoms with Gasteiger partial charge in [0, 0.05) is 23.4 Å². The smallest absolute Gasteiger partial charge is 0.191 e. The van der Waals surface area contributed by atoms with Gasteiger partial charge in [-0.3, -0.25) is 0 Å². The second-order valence-corrected chi connectivity index (χ2v) is 6.44. The van der Waals surface area contributed by atoms with Gasteiger partial charge in [-0.15, -0.1) is 24.0 Å². The maximum atomic E-state index is 13.6. The number of hydrogen-bond acceptors (Lipinski definition) is 2. The zero-order valence-corrected chi connectivity index (χ0v) is 16.3. The molecule has 1 aromatic rings. The number of aliphatic imine (C=N–C) groups is 1. The third-order valence-electron chi connectivity index (χ3n) is 3.77. The molecule has 6 heteroatoms. The molecule has 0 spiro atoms. The Balaban J connectivity index is 0.00000242. The molecule has 0 bridgehead atoms. The summed E-state index contributed by atoms with van der Waals surface area (Å²) >= 11 is 1.94. The standard InChI is InChI=1S/C16H24FN3S.HI/c1-3-18-16(20-13-8-9-14(10-13)21-2)19-11-12-6-4-5-7-15(12)17;/h4-7,13-14H,3,8-11H2,1-2H3,(H2,18,19,20);1H. The highest BCUT2D eigenvalue weighted by Gasteiger charge is 2.24. The molecule has 2 unspecified atom stereocenters. The van der Waals surface area contributed by atoms with Gasteiger partial charge in [0.1, 0.15) is 5.82 Å². The van der Waals surface area contributed by atoms with Gasteiger partial charge < -0.3 is 10.6 Å². The summed E-state index contributed by atoms with van der Waals surface area (Å²) in [5.41, 5.74) is 0.628. The van der Waals surface area contributed by atoms with E-state index in [1.807, 2.05) is 24.8 Å². The molecule has 124 valence electrons. The van der Waals surface area contributed by atoms with E-state index in [2.05, 4.69) is 21.9 Å². The van der Waals surface area contributed by atoms with Crippen molar-refractivity contribution in [3.8, 4) is 0 Å². The molecule has 1 aliphatic carbocycles. The van der Waals surface area contributed by atoms with E-state index in [9.17, 15) is 4.39 Å². The molecule has 1 aliphatic rings. The van der Waals surface area contributed by atoms with Crippen LogP contribution in [0.3, 0.4) is 0 Å². The first-order chi connectivity index (χ1) is 10.2. The normalized spacial score (nSPS) is 21.3. The molecule has 0 amide bonds. The van der Waals surface area contributed by atoms with Crippen molar-refractivity contribution in [2.24, 2.45) is 4.99 Å². The average molecular weight is 437 g/mol. The van der Waals surface area contributed by atoms with Gasteiger partial charge in [0.15, 0.2) is 5.96 Å². The molecule has 2 rings (SSSR count). The minimum atomic E-state index is -0.194. The molecule has 0 radical (unpaired) electrons. The molecular weight excluding hydrogens is 412 g/mol. The fourth-order valence-electron chi connectivity index (χ4n) is 2.59. The number of nitrogens with zero attached hydrogens (tertiary/aromatic N) is 1. The molecule has 2 atom stereocenters. The predicted molar refractivity (Wildman–Crippen MR) is 105 cm³/mol. The molecular formula is C16H25FIN3S. The van der Waals surface area contributed by atoms with Crippen LogP contribution in [0, 0.1) is 5.82 Å². The Kier molecular flexibility index (Phi) is 9.16. The maximum absolute atomic E-state index is 13.6. The number of guanidine groups is 1. The van der Waals surface area contributed by atoms with E-state index in [0.29, 0.717) is 18.2 Å². The third kappa shape index (κ3) is 5.95. The van der Waals surface area contributed by atoms with Crippen LogP contribution in [0.15, 0.2) is 29.3 Å². The van der Waals surface area contributed by atoms with Crippen molar-refractivity contribution >= 4 is 41.7 Å². The second kappa shape index (κ2) is 10.3. The van der Waals surface area contributed by atoms with Crippen LogP contribution in [0.25, 0.3) is 0 Å². The Morgan fingerprint density at radius 3 is 2.77 bits per heavy atom. The molecule has 1 fully saturated rings. The van der Waals surface area contributed by atoms with E-state index in [4.69, 9.17) is 0 Å². The first kappa shape index (κ1) is 19.5. The highest BCUT2D eigenvalue weighted by atomic mass is 127. The summed E-state index contributed by atoms with van der Waals surface area (Å²) in [6, 6.07) is 7.27. The van der Waals surface area contributed by atoms with Crippen LogP contribution in [0.5, 0.6) is 0 Å². The number of benzene rings is 1. The molecule has 0 aromatic heterocycles. The Labute approximate surface area is 154 Å². The third-order valence-corrected chi connectivity index (χ3v) is 4.86. The minimum absolute atomic E-state index is 0. The van der Waals surface area contributed by atoms with Gasteiger partial charge in [-0.1, -0.05) is 18.2 Å². The van der Waals surface area contributed by atoms with Gasteiger partial charge in [0.05, 0.1) is 6.54 Å². The van der Waals surface area contributed by atoms with Crippen LogP contribution in [-0.2, 0) is 6.54 Å². The molecule has 2 N–H and O–H groups in total. The van der Waals surface area contributed by atoms with Crippen molar-refractivity contribution in [3.63, 3.8) is 0 Å². The Morgan fingerprint density at radius 1 is 1.36 bits per heavy atom. The minimum Gasteiger partial charge on any atom is -0.357 e. The van der Waals surface area contributed by atoms with E-state index >= 15 is 0 Å². The van der Waals surface area contributed by atoms with E-state index in [0.717, 1.165) is 17.8 Å². The SMILES string of the molecule is CCNC(=NCc1ccccc1F)NC1CCC(SC)C1.I. The van der Waals surface area contributed by atoms with E-state index in [1.54, 1.807) is 12.1 Å². The number of nitrogens with one attached hydrogen (secondary N) is 2. The summed E-state index contributed by atoms with van der Waals surface area (Å²) in [6.07, 6.45) is 5.77. The summed E-state index contributed by atoms with van der Waals surface area (Å²) in [6.45, 7) is 3.21. The molecule has 0 saturated heterocycles. The number of halogens is 2.